The van der Waals surface area contributed by atoms with E-state index in [0.717, 1.165) is 0 Å². The normalized spacial score (nSPS) is 29.3. The molecule has 0 unspecified atom stereocenters. The van der Waals surface area contributed by atoms with Crippen LogP contribution in [0.5, 0.6) is 5.75 Å². The lowest BCUT2D eigenvalue weighted by molar-refractivity contribution is -0.187. The molecule has 0 amide bonds. The molecule has 10 heteroatoms. The first kappa shape index (κ1) is 21.0. The van der Waals surface area contributed by atoms with Gasteiger partial charge in [0.25, 0.3) is 0 Å². The standard InChI is InChI=1S/C19H27NO7S2/c1-2-25-15-3-5-16(6-4-15)29(23,24)18-14-28(21,22)13-17(18)20-9-7-19(8-10-20)26-11-12-27-19/h3-6,17-18H,2,7-14H2,1H3/t17-,18-/m1/s1. The van der Waals surface area contributed by atoms with Crippen molar-refractivity contribution in [2.75, 3.05) is 44.4 Å². The highest BCUT2D eigenvalue weighted by molar-refractivity contribution is 7.96. The number of piperidine rings is 1. The van der Waals surface area contributed by atoms with Gasteiger partial charge in [-0.1, -0.05) is 0 Å². The largest absolute Gasteiger partial charge is 0.494 e. The van der Waals surface area contributed by atoms with Gasteiger partial charge in [-0.25, -0.2) is 16.8 Å². The number of hydrogen-bond acceptors (Lipinski definition) is 8. The summed E-state index contributed by atoms with van der Waals surface area (Å²) in [4.78, 5) is 2.11. The zero-order valence-corrected chi connectivity index (χ0v) is 18.1. The molecule has 4 rings (SSSR count). The van der Waals surface area contributed by atoms with E-state index in [9.17, 15) is 16.8 Å². The molecule has 8 nitrogen and oxygen atoms in total. The Hall–Kier alpha value is -1.20. The van der Waals surface area contributed by atoms with Crippen LogP contribution in [0.2, 0.25) is 0 Å². The Morgan fingerprint density at radius 3 is 2.31 bits per heavy atom. The van der Waals surface area contributed by atoms with Crippen LogP contribution in [0.15, 0.2) is 29.2 Å². The molecule has 29 heavy (non-hydrogen) atoms. The van der Waals surface area contributed by atoms with E-state index in [-0.39, 0.29) is 16.4 Å². The molecule has 3 aliphatic heterocycles. The Morgan fingerprint density at radius 2 is 1.72 bits per heavy atom. The van der Waals surface area contributed by atoms with Gasteiger partial charge in [0.1, 0.15) is 5.75 Å². The van der Waals surface area contributed by atoms with E-state index in [1.54, 1.807) is 12.1 Å². The molecule has 0 saturated carbocycles. The van der Waals surface area contributed by atoms with Crippen LogP contribution in [0.25, 0.3) is 0 Å². The van der Waals surface area contributed by atoms with Gasteiger partial charge in [-0.3, -0.25) is 4.90 Å². The third kappa shape index (κ3) is 4.18. The maximum atomic E-state index is 13.3. The van der Waals surface area contributed by atoms with Gasteiger partial charge in [-0.05, 0) is 31.2 Å². The van der Waals surface area contributed by atoms with Gasteiger partial charge in [0.15, 0.2) is 25.5 Å². The van der Waals surface area contributed by atoms with Crippen LogP contribution in [0, 0.1) is 0 Å². The van der Waals surface area contributed by atoms with Crippen LogP contribution < -0.4 is 4.74 Å². The van der Waals surface area contributed by atoms with Crippen LogP contribution in [0.3, 0.4) is 0 Å². The molecule has 0 radical (unpaired) electrons. The lowest BCUT2D eigenvalue weighted by atomic mass is 10.0. The van der Waals surface area contributed by atoms with Crippen molar-refractivity contribution in [3.05, 3.63) is 24.3 Å². The van der Waals surface area contributed by atoms with Gasteiger partial charge in [-0.15, -0.1) is 0 Å². The Bertz CT molecular complexity index is 927. The van der Waals surface area contributed by atoms with E-state index in [0.29, 0.717) is 51.5 Å². The molecule has 1 aromatic rings. The van der Waals surface area contributed by atoms with Crippen molar-refractivity contribution in [3.63, 3.8) is 0 Å². The molecule has 3 aliphatic rings. The summed E-state index contributed by atoms with van der Waals surface area (Å²) in [6.07, 6.45) is 1.22. The van der Waals surface area contributed by atoms with Gasteiger partial charge >= 0.3 is 0 Å². The molecule has 0 N–H and O–H groups in total. The Morgan fingerprint density at radius 1 is 1.10 bits per heavy atom. The fraction of sp³-hybridized carbons (Fsp3) is 0.684. The molecule has 162 valence electrons. The van der Waals surface area contributed by atoms with E-state index >= 15 is 0 Å². The molecule has 2 atom stereocenters. The van der Waals surface area contributed by atoms with E-state index in [2.05, 4.69) is 0 Å². The fourth-order valence-electron chi connectivity index (χ4n) is 4.48. The summed E-state index contributed by atoms with van der Waals surface area (Å²) in [6.45, 7) is 4.56. The summed E-state index contributed by atoms with van der Waals surface area (Å²) in [7, 11) is -7.24. The van der Waals surface area contributed by atoms with Gasteiger partial charge in [0.2, 0.25) is 0 Å². The number of rotatable bonds is 5. The van der Waals surface area contributed by atoms with Crippen molar-refractivity contribution < 1.29 is 31.0 Å². The second-order valence-corrected chi connectivity index (χ2v) is 12.1. The number of hydrogen-bond donors (Lipinski definition) is 0. The van der Waals surface area contributed by atoms with Gasteiger partial charge < -0.3 is 14.2 Å². The minimum atomic E-state index is -3.81. The van der Waals surface area contributed by atoms with Crippen molar-refractivity contribution in [1.29, 1.82) is 0 Å². The summed E-state index contributed by atoms with van der Waals surface area (Å²) in [5, 5.41) is -0.982. The molecule has 3 heterocycles. The molecule has 3 saturated heterocycles. The first-order chi connectivity index (χ1) is 13.7. The zero-order valence-electron chi connectivity index (χ0n) is 16.4. The first-order valence-electron chi connectivity index (χ1n) is 9.94. The first-order valence-corrected chi connectivity index (χ1v) is 13.3. The number of likely N-dealkylation sites (tertiary alicyclic amines) is 1. The van der Waals surface area contributed by atoms with Crippen LogP contribution in [-0.2, 0) is 29.1 Å². The van der Waals surface area contributed by atoms with Crippen molar-refractivity contribution in [2.24, 2.45) is 0 Å². The summed E-state index contributed by atoms with van der Waals surface area (Å²) < 4.78 is 68.3. The van der Waals surface area contributed by atoms with Crippen molar-refractivity contribution >= 4 is 19.7 Å². The van der Waals surface area contributed by atoms with Crippen molar-refractivity contribution in [2.45, 2.75) is 41.7 Å². The highest BCUT2D eigenvalue weighted by atomic mass is 32.2. The molecule has 0 bridgehead atoms. The lowest BCUT2D eigenvalue weighted by Gasteiger charge is -2.41. The highest BCUT2D eigenvalue weighted by Crippen LogP contribution is 2.36. The number of benzene rings is 1. The van der Waals surface area contributed by atoms with Gasteiger partial charge in [0, 0.05) is 32.0 Å². The second-order valence-electron chi connectivity index (χ2n) is 7.78. The fourth-order valence-corrected chi connectivity index (χ4v) is 9.31. The summed E-state index contributed by atoms with van der Waals surface area (Å²) >= 11 is 0. The topological polar surface area (TPSA) is 99.2 Å². The molecular formula is C19H27NO7S2. The van der Waals surface area contributed by atoms with Crippen molar-refractivity contribution in [1.82, 2.24) is 4.90 Å². The average molecular weight is 446 g/mol. The van der Waals surface area contributed by atoms with Gasteiger partial charge in [0.05, 0.1) is 41.5 Å². The van der Waals surface area contributed by atoms with E-state index < -0.39 is 36.8 Å². The zero-order chi connectivity index (χ0) is 20.7. The second kappa shape index (κ2) is 7.81. The maximum Gasteiger partial charge on any atom is 0.183 e. The van der Waals surface area contributed by atoms with E-state index in [1.807, 2.05) is 11.8 Å². The molecule has 1 spiro atoms. The number of ether oxygens (including phenoxy) is 3. The third-order valence-electron chi connectivity index (χ3n) is 5.98. The van der Waals surface area contributed by atoms with Crippen LogP contribution in [0.4, 0.5) is 0 Å². The summed E-state index contributed by atoms with van der Waals surface area (Å²) in [5.41, 5.74) is 0. The smallest absolute Gasteiger partial charge is 0.183 e. The molecule has 0 aromatic heterocycles. The predicted molar refractivity (Wildman–Crippen MR) is 106 cm³/mol. The van der Waals surface area contributed by atoms with Gasteiger partial charge in [-0.2, -0.15) is 0 Å². The molecular weight excluding hydrogens is 418 g/mol. The average Bonchev–Trinajstić information content (AvgIpc) is 3.27. The monoisotopic (exact) mass is 445 g/mol. The number of nitrogens with zero attached hydrogens (tertiary/aromatic N) is 1. The van der Waals surface area contributed by atoms with E-state index in [4.69, 9.17) is 14.2 Å². The molecule has 1 aromatic carbocycles. The van der Waals surface area contributed by atoms with Crippen LogP contribution >= 0.6 is 0 Å². The molecule has 0 aliphatic carbocycles. The number of sulfone groups is 2. The quantitative estimate of drug-likeness (QED) is 0.658. The van der Waals surface area contributed by atoms with Crippen molar-refractivity contribution in [3.8, 4) is 5.75 Å². The summed E-state index contributed by atoms with van der Waals surface area (Å²) in [5.74, 6) is -0.484. The molecule has 3 fully saturated rings. The van der Waals surface area contributed by atoms with E-state index in [1.165, 1.54) is 12.1 Å². The lowest BCUT2D eigenvalue weighted by Crippen LogP contribution is -2.53. The third-order valence-corrected chi connectivity index (χ3v) is 10.1. The highest BCUT2D eigenvalue weighted by Gasteiger charge is 2.50. The Labute approximate surface area is 172 Å². The Kier molecular flexibility index (Phi) is 5.67. The minimum Gasteiger partial charge on any atom is -0.494 e. The van der Waals surface area contributed by atoms with Crippen LogP contribution in [-0.4, -0.2) is 83.2 Å². The summed E-state index contributed by atoms with van der Waals surface area (Å²) in [6, 6.07) is 5.64. The minimum absolute atomic E-state index is 0.129. The SMILES string of the molecule is CCOc1ccc(S(=O)(=O)[C@@H]2CS(=O)(=O)C[C@H]2N2CCC3(CC2)OCCO3)cc1. The van der Waals surface area contributed by atoms with Crippen LogP contribution in [0.1, 0.15) is 19.8 Å². The maximum absolute atomic E-state index is 13.3. The Balaban J connectivity index is 1.55. The predicted octanol–water partition coefficient (Wildman–Crippen LogP) is 0.864.